The van der Waals surface area contributed by atoms with Gasteiger partial charge in [-0.25, -0.2) is 4.90 Å². The monoisotopic (exact) mass is 357 g/mol. The summed E-state index contributed by atoms with van der Waals surface area (Å²) in [5.74, 6) is 1.84. The van der Waals surface area contributed by atoms with Crippen LogP contribution in [0.5, 0.6) is 0 Å². The fraction of sp³-hybridized carbons (Fsp3) is 0.909. The molecule has 4 saturated heterocycles. The first-order valence-corrected chi connectivity index (χ1v) is 10.9. The molecule has 0 aromatic carbocycles. The van der Waals surface area contributed by atoms with Crippen LogP contribution in [0.1, 0.15) is 51.9 Å². The van der Waals surface area contributed by atoms with Gasteiger partial charge in [-0.05, 0) is 61.9 Å². The van der Waals surface area contributed by atoms with E-state index in [0.29, 0.717) is 17.8 Å². The van der Waals surface area contributed by atoms with Gasteiger partial charge in [-0.1, -0.05) is 19.9 Å². The molecule has 0 amide bonds. The minimum Gasteiger partial charge on any atom is -0.388 e. The SMILES string of the molecule is C=C1[C@@H]2CCC3(C4CC5[C@@]6(C)CCC[C@@]5(C(O4)N4CCOC46)C3C2)[C@H]1O. The van der Waals surface area contributed by atoms with Gasteiger partial charge in [-0.15, -0.1) is 0 Å². The number of rotatable bonds is 0. The van der Waals surface area contributed by atoms with Crippen LogP contribution in [-0.4, -0.2) is 47.8 Å². The number of nitrogens with zero attached hydrogens (tertiary/aromatic N) is 1. The minimum atomic E-state index is -0.345. The summed E-state index contributed by atoms with van der Waals surface area (Å²) in [6.45, 7) is 8.71. The van der Waals surface area contributed by atoms with Gasteiger partial charge in [0.1, 0.15) is 12.5 Å². The quantitative estimate of drug-likeness (QED) is 0.677. The normalized spacial score (nSPS) is 65.2. The van der Waals surface area contributed by atoms with Crippen LogP contribution >= 0.6 is 0 Å². The third kappa shape index (κ3) is 1.32. The molecular formula is C22H31NO3. The van der Waals surface area contributed by atoms with E-state index in [1.54, 1.807) is 0 Å². The molecule has 6 unspecified atom stereocenters. The molecule has 2 spiro atoms. The van der Waals surface area contributed by atoms with Crippen molar-refractivity contribution >= 4 is 0 Å². The minimum absolute atomic E-state index is 0.0511. The lowest BCUT2D eigenvalue weighted by molar-refractivity contribution is -0.422. The van der Waals surface area contributed by atoms with Gasteiger partial charge in [0, 0.05) is 22.8 Å². The summed E-state index contributed by atoms with van der Waals surface area (Å²) in [6, 6.07) is 0. The fourth-order valence-electron chi connectivity index (χ4n) is 9.72. The van der Waals surface area contributed by atoms with Crippen LogP contribution in [0, 0.1) is 34.0 Å². The van der Waals surface area contributed by atoms with E-state index in [9.17, 15) is 5.11 Å². The third-order valence-electron chi connectivity index (χ3n) is 10.5. The smallest absolute Gasteiger partial charge is 0.119 e. The van der Waals surface area contributed by atoms with E-state index in [1.165, 1.54) is 32.1 Å². The Balaban J connectivity index is 1.45. The molecule has 0 radical (unpaired) electrons. The van der Waals surface area contributed by atoms with Crippen LogP contribution in [0.4, 0.5) is 0 Å². The molecule has 142 valence electrons. The summed E-state index contributed by atoms with van der Waals surface area (Å²) in [4.78, 5) is 2.60. The molecule has 26 heavy (non-hydrogen) atoms. The molecular weight excluding hydrogens is 326 g/mol. The van der Waals surface area contributed by atoms with Gasteiger partial charge >= 0.3 is 0 Å². The van der Waals surface area contributed by atoms with Crippen molar-refractivity contribution in [1.29, 1.82) is 0 Å². The number of piperidine rings is 1. The zero-order valence-corrected chi connectivity index (χ0v) is 15.8. The van der Waals surface area contributed by atoms with E-state index < -0.39 is 0 Å². The highest BCUT2D eigenvalue weighted by Crippen LogP contribution is 2.79. The molecule has 5 saturated carbocycles. The Kier molecular flexibility index (Phi) is 2.64. The molecule has 4 aliphatic heterocycles. The number of fused-ring (bicyclic) bond motifs is 4. The van der Waals surface area contributed by atoms with Crippen LogP contribution in [0.3, 0.4) is 0 Å². The Bertz CT molecular complexity index is 710. The van der Waals surface area contributed by atoms with E-state index in [-0.39, 0.29) is 40.9 Å². The van der Waals surface area contributed by atoms with Crippen molar-refractivity contribution in [2.75, 3.05) is 13.2 Å². The van der Waals surface area contributed by atoms with Crippen molar-refractivity contribution in [3.8, 4) is 0 Å². The van der Waals surface area contributed by atoms with Crippen molar-refractivity contribution in [2.24, 2.45) is 34.0 Å². The number of hydrogen-bond acceptors (Lipinski definition) is 4. The second-order valence-corrected chi connectivity index (χ2v) is 10.8. The summed E-state index contributed by atoms with van der Waals surface area (Å²) in [5, 5.41) is 11.4. The lowest BCUT2D eigenvalue weighted by Crippen LogP contribution is -2.83. The molecule has 4 heteroatoms. The first-order valence-electron chi connectivity index (χ1n) is 10.9. The van der Waals surface area contributed by atoms with Gasteiger partial charge in [0.2, 0.25) is 0 Å². The largest absolute Gasteiger partial charge is 0.388 e. The van der Waals surface area contributed by atoms with Gasteiger partial charge in [-0.3, -0.25) is 0 Å². The van der Waals surface area contributed by atoms with E-state index >= 15 is 0 Å². The van der Waals surface area contributed by atoms with Crippen LogP contribution in [0.15, 0.2) is 12.2 Å². The van der Waals surface area contributed by atoms with Gasteiger partial charge in [0.25, 0.3) is 0 Å². The zero-order valence-electron chi connectivity index (χ0n) is 15.8. The Morgan fingerprint density at radius 2 is 2.00 bits per heavy atom. The predicted molar refractivity (Wildman–Crippen MR) is 96.0 cm³/mol. The fourth-order valence-corrected chi connectivity index (χ4v) is 9.72. The summed E-state index contributed by atoms with van der Waals surface area (Å²) >= 11 is 0. The van der Waals surface area contributed by atoms with Gasteiger partial charge in [0.15, 0.2) is 0 Å². The summed E-state index contributed by atoms with van der Waals surface area (Å²) in [7, 11) is 0. The molecule has 9 rings (SSSR count). The van der Waals surface area contributed by atoms with Crippen molar-refractivity contribution in [1.82, 2.24) is 4.90 Å². The molecule has 0 aromatic heterocycles. The highest BCUT2D eigenvalue weighted by atomic mass is 16.6. The molecule has 1 N–H and O–H groups in total. The number of aliphatic hydroxyl groups is 1. The van der Waals surface area contributed by atoms with Gasteiger partial charge in [0.05, 0.1) is 18.8 Å². The molecule has 9 aliphatic rings. The Morgan fingerprint density at radius 1 is 1.12 bits per heavy atom. The molecule has 5 aliphatic carbocycles. The number of aliphatic hydroxyl groups excluding tert-OH is 1. The van der Waals surface area contributed by atoms with Crippen molar-refractivity contribution in [3.63, 3.8) is 0 Å². The number of hydrogen-bond donors (Lipinski definition) is 1. The second-order valence-electron chi connectivity index (χ2n) is 10.8. The predicted octanol–water partition coefficient (Wildman–Crippen LogP) is 2.91. The van der Waals surface area contributed by atoms with Crippen molar-refractivity contribution < 1.29 is 14.6 Å². The van der Waals surface area contributed by atoms with Crippen LogP contribution in [0.2, 0.25) is 0 Å². The topological polar surface area (TPSA) is 41.9 Å². The van der Waals surface area contributed by atoms with E-state index in [0.717, 1.165) is 31.6 Å². The highest BCUT2D eigenvalue weighted by molar-refractivity contribution is 5.32. The Morgan fingerprint density at radius 3 is 2.88 bits per heavy atom. The Labute approximate surface area is 155 Å². The molecule has 4 nitrogen and oxygen atoms in total. The van der Waals surface area contributed by atoms with E-state index in [1.807, 2.05) is 0 Å². The average molecular weight is 357 g/mol. The highest BCUT2D eigenvalue weighted by Gasteiger charge is 2.80. The van der Waals surface area contributed by atoms with Crippen LogP contribution in [0.25, 0.3) is 0 Å². The molecule has 0 aromatic rings. The summed E-state index contributed by atoms with van der Waals surface area (Å²) < 4.78 is 13.2. The third-order valence-corrected chi connectivity index (χ3v) is 10.5. The second kappa shape index (κ2) is 4.42. The average Bonchev–Trinajstić information content (AvgIpc) is 3.14. The number of ether oxygens (including phenoxy) is 2. The maximum Gasteiger partial charge on any atom is 0.119 e. The standard InChI is InChI=1S/C22H31NO3/c1-12-13-4-7-22(17(12)24)15(10-13)21-6-3-5-20(2)14(21)11-16(22)26-19(21)23-8-9-25-18(20)23/h13-19,24H,1,3-11H2,2H3/t13-,14?,15?,16?,17+,18?,19?,20-,21+,22?/m1/s1. The lowest BCUT2D eigenvalue weighted by atomic mass is 9.32. The molecule has 9 fully saturated rings. The summed E-state index contributed by atoms with van der Waals surface area (Å²) in [5.41, 5.74) is 1.55. The van der Waals surface area contributed by atoms with E-state index in [4.69, 9.17) is 9.47 Å². The molecule has 10 atom stereocenters. The van der Waals surface area contributed by atoms with Crippen LogP contribution in [-0.2, 0) is 9.47 Å². The summed E-state index contributed by atoms with van der Waals surface area (Å²) in [6.07, 6.45) is 8.94. The lowest BCUT2D eigenvalue weighted by Gasteiger charge is -2.80. The van der Waals surface area contributed by atoms with E-state index in [2.05, 4.69) is 18.4 Å². The Hall–Kier alpha value is -0.420. The first kappa shape index (κ1) is 15.5. The first-order chi connectivity index (χ1) is 12.5. The van der Waals surface area contributed by atoms with Crippen molar-refractivity contribution in [3.05, 3.63) is 12.2 Å². The molecule has 4 heterocycles. The molecule has 7 bridgehead atoms. The van der Waals surface area contributed by atoms with Crippen molar-refractivity contribution in [2.45, 2.75) is 76.5 Å². The maximum atomic E-state index is 11.4. The van der Waals surface area contributed by atoms with Gasteiger partial charge in [-0.2, -0.15) is 0 Å². The zero-order chi connectivity index (χ0) is 17.5. The van der Waals surface area contributed by atoms with Crippen LogP contribution < -0.4 is 0 Å². The maximum absolute atomic E-state index is 11.4. The van der Waals surface area contributed by atoms with Gasteiger partial charge < -0.3 is 14.6 Å².